The normalized spacial score (nSPS) is 10.5. The van der Waals surface area contributed by atoms with Gasteiger partial charge >= 0.3 is 0 Å². The first-order valence-corrected chi connectivity index (χ1v) is 9.66. The molecule has 0 aliphatic carbocycles. The van der Waals surface area contributed by atoms with Gasteiger partial charge in [0.25, 0.3) is 5.91 Å². The van der Waals surface area contributed by atoms with E-state index in [-0.39, 0.29) is 5.91 Å². The third-order valence-electron chi connectivity index (χ3n) is 4.38. The van der Waals surface area contributed by atoms with Gasteiger partial charge in [0.05, 0.1) is 5.69 Å². The third-order valence-corrected chi connectivity index (χ3v) is 5.06. The molecule has 0 fully saturated rings. The number of benzene rings is 2. The van der Waals surface area contributed by atoms with E-state index >= 15 is 0 Å². The highest BCUT2D eigenvalue weighted by Crippen LogP contribution is 2.23. The maximum atomic E-state index is 12.5. The summed E-state index contributed by atoms with van der Waals surface area (Å²) >= 11 is 1.64. The van der Waals surface area contributed by atoms with Crippen molar-refractivity contribution in [3.8, 4) is 22.4 Å². The number of carbonyl (C=O) groups is 1. The van der Waals surface area contributed by atoms with Gasteiger partial charge in [-0.2, -0.15) is 11.3 Å². The minimum atomic E-state index is -0.0882. The van der Waals surface area contributed by atoms with Crippen LogP contribution in [0, 0.1) is 0 Å². The summed E-state index contributed by atoms with van der Waals surface area (Å²) in [6, 6.07) is 23.7. The lowest BCUT2D eigenvalue weighted by Gasteiger charge is -2.09. The maximum absolute atomic E-state index is 12.5. The van der Waals surface area contributed by atoms with Crippen LogP contribution >= 0.6 is 11.3 Å². The predicted octanol–water partition coefficient (Wildman–Crippen LogP) is 5.41. The van der Waals surface area contributed by atoms with Crippen LogP contribution in [-0.2, 0) is 6.54 Å². The van der Waals surface area contributed by atoms with E-state index in [9.17, 15) is 4.79 Å². The molecular formula is C23H18N2OS. The van der Waals surface area contributed by atoms with E-state index in [0.29, 0.717) is 12.1 Å². The van der Waals surface area contributed by atoms with Crippen molar-refractivity contribution < 1.29 is 4.79 Å². The van der Waals surface area contributed by atoms with Crippen molar-refractivity contribution in [3.63, 3.8) is 0 Å². The number of nitrogens with zero attached hydrogens (tertiary/aromatic N) is 1. The topological polar surface area (TPSA) is 42.0 Å². The van der Waals surface area contributed by atoms with E-state index in [2.05, 4.69) is 27.8 Å². The van der Waals surface area contributed by atoms with Gasteiger partial charge < -0.3 is 5.32 Å². The molecule has 0 atom stereocenters. The monoisotopic (exact) mass is 370 g/mol. The molecule has 1 N–H and O–H groups in total. The SMILES string of the molecule is O=C(NCc1cccnc1-c1ccsc1)c1ccc(-c2ccccc2)cc1. The second-order valence-corrected chi connectivity index (χ2v) is 6.93. The van der Waals surface area contributed by atoms with Crippen LogP contribution in [0.15, 0.2) is 89.8 Å². The van der Waals surface area contributed by atoms with Crippen LogP contribution in [-0.4, -0.2) is 10.9 Å². The summed E-state index contributed by atoms with van der Waals surface area (Å²) in [5, 5.41) is 7.10. The fraction of sp³-hybridized carbons (Fsp3) is 0.0435. The van der Waals surface area contributed by atoms with Crippen molar-refractivity contribution in [2.24, 2.45) is 0 Å². The Labute approximate surface area is 162 Å². The Bertz CT molecular complexity index is 1030. The number of amides is 1. The van der Waals surface area contributed by atoms with Gasteiger partial charge in [-0.15, -0.1) is 0 Å². The summed E-state index contributed by atoms with van der Waals surface area (Å²) in [6.07, 6.45) is 1.78. The Morgan fingerprint density at radius 3 is 2.37 bits per heavy atom. The van der Waals surface area contributed by atoms with E-state index in [1.807, 2.05) is 66.0 Å². The number of nitrogens with one attached hydrogen (secondary N) is 1. The number of aromatic nitrogens is 1. The molecule has 3 nitrogen and oxygen atoms in total. The molecule has 0 saturated carbocycles. The van der Waals surface area contributed by atoms with Gasteiger partial charge in [-0.05, 0) is 46.3 Å². The van der Waals surface area contributed by atoms with Crippen molar-refractivity contribution in [2.75, 3.05) is 0 Å². The third kappa shape index (κ3) is 3.96. The lowest BCUT2D eigenvalue weighted by atomic mass is 10.0. The molecule has 4 heteroatoms. The molecule has 27 heavy (non-hydrogen) atoms. The van der Waals surface area contributed by atoms with Crippen molar-refractivity contribution >= 4 is 17.2 Å². The molecule has 0 aliphatic heterocycles. The number of pyridine rings is 1. The standard InChI is InChI=1S/C23H18N2OS/c26-23(19-10-8-18(9-11-19)17-5-2-1-3-6-17)25-15-20-7-4-13-24-22(20)21-12-14-27-16-21/h1-14,16H,15H2,(H,25,26). The van der Waals surface area contributed by atoms with E-state index in [1.165, 1.54) is 0 Å². The van der Waals surface area contributed by atoms with Gasteiger partial charge in [-0.1, -0.05) is 48.5 Å². The van der Waals surface area contributed by atoms with Crippen LogP contribution in [0.5, 0.6) is 0 Å². The summed E-state index contributed by atoms with van der Waals surface area (Å²) in [7, 11) is 0. The second kappa shape index (κ2) is 7.98. The zero-order valence-electron chi connectivity index (χ0n) is 14.6. The molecule has 4 aromatic rings. The van der Waals surface area contributed by atoms with E-state index in [0.717, 1.165) is 27.9 Å². The molecule has 0 bridgehead atoms. The van der Waals surface area contributed by atoms with Crippen molar-refractivity contribution in [1.29, 1.82) is 0 Å². The highest BCUT2D eigenvalue weighted by Gasteiger charge is 2.10. The first-order valence-electron chi connectivity index (χ1n) is 8.71. The van der Waals surface area contributed by atoms with Crippen LogP contribution in [0.3, 0.4) is 0 Å². The minimum Gasteiger partial charge on any atom is -0.348 e. The Kier molecular flexibility index (Phi) is 5.08. The average Bonchev–Trinajstić information content (AvgIpc) is 3.28. The van der Waals surface area contributed by atoms with Crippen molar-refractivity contribution in [3.05, 3.63) is 101 Å². The zero-order valence-corrected chi connectivity index (χ0v) is 15.4. The molecular weight excluding hydrogens is 352 g/mol. The van der Waals surface area contributed by atoms with Crippen LogP contribution < -0.4 is 5.32 Å². The predicted molar refractivity (Wildman–Crippen MR) is 111 cm³/mol. The number of rotatable bonds is 5. The highest BCUT2D eigenvalue weighted by atomic mass is 32.1. The molecule has 0 saturated heterocycles. The molecule has 132 valence electrons. The van der Waals surface area contributed by atoms with Crippen LogP contribution in [0.1, 0.15) is 15.9 Å². The van der Waals surface area contributed by atoms with Gasteiger partial charge in [0.2, 0.25) is 0 Å². The van der Waals surface area contributed by atoms with Gasteiger partial charge in [0.1, 0.15) is 0 Å². The van der Waals surface area contributed by atoms with Crippen LogP contribution in [0.2, 0.25) is 0 Å². The lowest BCUT2D eigenvalue weighted by Crippen LogP contribution is -2.23. The molecule has 2 heterocycles. The molecule has 1 amide bonds. The van der Waals surface area contributed by atoms with Gasteiger partial charge in [-0.3, -0.25) is 9.78 Å². The second-order valence-electron chi connectivity index (χ2n) is 6.15. The summed E-state index contributed by atoms with van der Waals surface area (Å²) in [4.78, 5) is 17.0. The number of thiophene rings is 1. The lowest BCUT2D eigenvalue weighted by molar-refractivity contribution is 0.0951. The molecule has 0 spiro atoms. The smallest absolute Gasteiger partial charge is 0.251 e. The molecule has 0 radical (unpaired) electrons. The summed E-state index contributed by atoms with van der Waals surface area (Å²) in [5.41, 5.74) is 5.88. The number of hydrogen-bond donors (Lipinski definition) is 1. The van der Waals surface area contributed by atoms with Gasteiger partial charge in [0.15, 0.2) is 0 Å². The Balaban J connectivity index is 1.46. The summed E-state index contributed by atoms with van der Waals surface area (Å²) < 4.78 is 0. The Morgan fingerprint density at radius 2 is 1.63 bits per heavy atom. The van der Waals surface area contributed by atoms with E-state index in [1.54, 1.807) is 17.5 Å². The number of hydrogen-bond acceptors (Lipinski definition) is 3. The maximum Gasteiger partial charge on any atom is 0.251 e. The van der Waals surface area contributed by atoms with Crippen molar-refractivity contribution in [1.82, 2.24) is 10.3 Å². The van der Waals surface area contributed by atoms with E-state index in [4.69, 9.17) is 0 Å². The molecule has 2 aromatic heterocycles. The van der Waals surface area contributed by atoms with Gasteiger partial charge in [-0.25, -0.2) is 0 Å². The summed E-state index contributed by atoms with van der Waals surface area (Å²) in [6.45, 7) is 0.443. The molecule has 2 aromatic carbocycles. The summed E-state index contributed by atoms with van der Waals surface area (Å²) in [5.74, 6) is -0.0882. The Morgan fingerprint density at radius 1 is 0.852 bits per heavy atom. The molecule has 0 aliphatic rings. The zero-order chi connectivity index (χ0) is 18.5. The van der Waals surface area contributed by atoms with Gasteiger partial charge in [0, 0.05) is 29.2 Å². The van der Waals surface area contributed by atoms with Crippen molar-refractivity contribution in [2.45, 2.75) is 6.54 Å². The Hall–Kier alpha value is -3.24. The first kappa shape index (κ1) is 17.2. The average molecular weight is 370 g/mol. The quantitative estimate of drug-likeness (QED) is 0.510. The van der Waals surface area contributed by atoms with Crippen LogP contribution in [0.4, 0.5) is 0 Å². The highest BCUT2D eigenvalue weighted by molar-refractivity contribution is 7.08. The minimum absolute atomic E-state index is 0.0882. The first-order chi connectivity index (χ1) is 13.3. The number of carbonyl (C=O) groups excluding carboxylic acids is 1. The van der Waals surface area contributed by atoms with E-state index < -0.39 is 0 Å². The molecule has 0 unspecified atom stereocenters. The molecule has 4 rings (SSSR count). The fourth-order valence-electron chi connectivity index (χ4n) is 2.96. The fourth-order valence-corrected chi connectivity index (χ4v) is 3.60. The largest absolute Gasteiger partial charge is 0.348 e. The van der Waals surface area contributed by atoms with Crippen LogP contribution in [0.25, 0.3) is 22.4 Å².